The van der Waals surface area contributed by atoms with Crippen molar-refractivity contribution in [1.29, 1.82) is 0 Å². The third-order valence-electron chi connectivity index (χ3n) is 5.44. The molecule has 3 rings (SSSR count). The van der Waals surface area contributed by atoms with Gasteiger partial charge in [-0.25, -0.2) is 14.2 Å². The second-order valence-corrected chi connectivity index (χ2v) is 11.4. The van der Waals surface area contributed by atoms with E-state index in [9.17, 15) is 14.0 Å². The summed E-state index contributed by atoms with van der Waals surface area (Å²) in [6.07, 6.45) is 1.13. The molecule has 0 saturated heterocycles. The summed E-state index contributed by atoms with van der Waals surface area (Å²) in [5, 5.41) is 3.20. The number of rotatable bonds is 13. The Labute approximate surface area is 251 Å². The first-order chi connectivity index (χ1) is 19.1. The molecule has 3 aromatic rings. The number of anilines is 1. The summed E-state index contributed by atoms with van der Waals surface area (Å²) in [6, 6.07) is 7.83. The second kappa shape index (κ2) is 15.3. The van der Waals surface area contributed by atoms with E-state index < -0.39 is 24.2 Å². The van der Waals surface area contributed by atoms with Crippen LogP contribution in [-0.4, -0.2) is 41.3 Å². The van der Waals surface area contributed by atoms with E-state index in [1.807, 2.05) is 12.3 Å². The monoisotopic (exact) mass is 629 g/mol. The molecule has 2 aromatic carbocycles. The van der Waals surface area contributed by atoms with Crippen LogP contribution in [0.5, 0.6) is 11.5 Å². The summed E-state index contributed by atoms with van der Waals surface area (Å²) in [7, 11) is 0. The van der Waals surface area contributed by atoms with Gasteiger partial charge in [0.2, 0.25) is 6.29 Å². The molecule has 1 atom stereocenters. The Kier molecular flexibility index (Phi) is 12.2. The fourth-order valence-electron chi connectivity index (χ4n) is 3.38. The van der Waals surface area contributed by atoms with Gasteiger partial charge in [0.25, 0.3) is 0 Å². The molecule has 0 aliphatic carbocycles. The van der Waals surface area contributed by atoms with Crippen molar-refractivity contribution in [2.75, 3.05) is 17.8 Å². The zero-order chi connectivity index (χ0) is 29.2. The Hall–Kier alpha value is -2.73. The Morgan fingerprint density at radius 1 is 1.15 bits per heavy atom. The number of halogens is 3. The number of aryl methyl sites for hydroxylation is 1. The lowest BCUT2D eigenvalue weighted by molar-refractivity contribution is -0.169. The van der Waals surface area contributed by atoms with Gasteiger partial charge in [0.15, 0.2) is 5.13 Å². The first-order valence-electron chi connectivity index (χ1n) is 12.5. The second-order valence-electron chi connectivity index (χ2n) is 8.83. The quantitative estimate of drug-likeness (QED) is 0.114. The van der Waals surface area contributed by atoms with E-state index in [0.717, 1.165) is 17.5 Å². The molecule has 0 bridgehead atoms. The molecule has 13 heteroatoms. The smallest absolute Gasteiger partial charge is 0.412 e. The van der Waals surface area contributed by atoms with Crippen LogP contribution in [0.2, 0.25) is 10.0 Å². The van der Waals surface area contributed by atoms with Gasteiger partial charge in [-0.2, -0.15) is 0 Å². The van der Waals surface area contributed by atoms with Crippen LogP contribution >= 0.6 is 46.5 Å². The van der Waals surface area contributed by atoms with Crippen LogP contribution in [0, 0.1) is 11.7 Å². The molecule has 1 aromatic heterocycles. The van der Waals surface area contributed by atoms with Crippen LogP contribution in [0.4, 0.5) is 14.3 Å². The predicted molar refractivity (Wildman–Crippen MR) is 157 cm³/mol. The fraction of sp³-hybridized carbons (Fsp3) is 0.370. The number of nitrogens with one attached hydrogen (secondary N) is 1. The Bertz CT molecular complexity index is 1300. The van der Waals surface area contributed by atoms with Crippen molar-refractivity contribution >= 4 is 63.7 Å². The number of carbonyl (C=O) groups excluding carboxylic acids is 2. The van der Waals surface area contributed by atoms with Crippen molar-refractivity contribution in [1.82, 2.24) is 9.88 Å². The standard InChI is InChI=1S/C27H30Cl2FN3O5S2/c1-5-33(27(35)37-17(4)36-25(34)16(2)3)11-6-7-18-13-19(28)8-9-22(18)38-23-15-21(30)24(14-20(23)29)40-32-26-31-10-12-39-26/h8-10,12-17H,5-7,11H2,1-4H3,(H,31,32). The van der Waals surface area contributed by atoms with Gasteiger partial charge in [0.05, 0.1) is 15.8 Å². The van der Waals surface area contributed by atoms with Crippen LogP contribution in [0.15, 0.2) is 46.8 Å². The predicted octanol–water partition coefficient (Wildman–Crippen LogP) is 8.44. The zero-order valence-corrected chi connectivity index (χ0v) is 25.6. The maximum absolute atomic E-state index is 14.8. The fourth-order valence-corrected chi connectivity index (χ4v) is 5.11. The summed E-state index contributed by atoms with van der Waals surface area (Å²) in [6.45, 7) is 7.50. The van der Waals surface area contributed by atoms with E-state index in [1.165, 1.54) is 35.3 Å². The lowest BCUT2D eigenvalue weighted by atomic mass is 10.1. The topological polar surface area (TPSA) is 90.0 Å². The molecule has 1 amide bonds. The third-order valence-corrected chi connectivity index (χ3v) is 7.62. The lowest BCUT2D eigenvalue weighted by Gasteiger charge is -2.23. The van der Waals surface area contributed by atoms with Gasteiger partial charge in [-0.05, 0) is 61.5 Å². The largest absolute Gasteiger partial charge is 0.455 e. The molecular weight excluding hydrogens is 600 g/mol. The van der Waals surface area contributed by atoms with Crippen LogP contribution in [0.3, 0.4) is 0 Å². The summed E-state index contributed by atoms with van der Waals surface area (Å²) >= 11 is 15.1. The van der Waals surface area contributed by atoms with E-state index in [4.69, 9.17) is 37.4 Å². The van der Waals surface area contributed by atoms with Crippen LogP contribution in [-0.2, 0) is 20.7 Å². The summed E-state index contributed by atoms with van der Waals surface area (Å²) in [5.41, 5.74) is 0.761. The highest BCUT2D eigenvalue weighted by Crippen LogP contribution is 2.37. The number of thiazole rings is 1. The highest BCUT2D eigenvalue weighted by atomic mass is 35.5. The van der Waals surface area contributed by atoms with E-state index in [0.29, 0.717) is 46.7 Å². The number of carbonyl (C=O) groups is 2. The molecular formula is C27H30Cl2FN3O5S2. The van der Waals surface area contributed by atoms with Gasteiger partial charge in [-0.15, -0.1) is 11.3 Å². The number of ether oxygens (including phenoxy) is 3. The number of nitrogens with zero attached hydrogens (tertiary/aromatic N) is 2. The molecule has 1 unspecified atom stereocenters. The van der Waals surface area contributed by atoms with E-state index in [2.05, 4.69) is 9.71 Å². The van der Waals surface area contributed by atoms with Crippen molar-refractivity contribution in [2.24, 2.45) is 5.92 Å². The molecule has 8 nitrogen and oxygen atoms in total. The molecule has 40 heavy (non-hydrogen) atoms. The molecule has 0 aliphatic heterocycles. The van der Waals surface area contributed by atoms with Crippen molar-refractivity contribution in [2.45, 2.75) is 51.7 Å². The van der Waals surface area contributed by atoms with Gasteiger partial charge < -0.3 is 23.8 Å². The normalized spacial score (nSPS) is 11.7. The Morgan fingerprint density at radius 3 is 2.60 bits per heavy atom. The van der Waals surface area contributed by atoms with E-state index >= 15 is 0 Å². The first-order valence-corrected chi connectivity index (χ1v) is 15.0. The average Bonchev–Trinajstić information content (AvgIpc) is 3.42. The first kappa shape index (κ1) is 31.8. The van der Waals surface area contributed by atoms with Gasteiger partial charge in [0, 0.05) is 42.7 Å². The van der Waals surface area contributed by atoms with Crippen molar-refractivity contribution in [3.05, 3.63) is 63.3 Å². The SMILES string of the molecule is CCN(CCCc1cc(Cl)ccc1Oc1cc(F)c(SNc2nccs2)cc1Cl)C(=O)OC(C)OC(=O)C(C)C. The Morgan fingerprint density at radius 2 is 1.93 bits per heavy atom. The van der Waals surface area contributed by atoms with Crippen molar-refractivity contribution < 1.29 is 28.2 Å². The third kappa shape index (κ3) is 9.43. The molecule has 0 spiro atoms. The maximum atomic E-state index is 14.8. The number of aromatic nitrogens is 1. The molecule has 1 N–H and O–H groups in total. The summed E-state index contributed by atoms with van der Waals surface area (Å²) in [4.78, 5) is 30.2. The van der Waals surface area contributed by atoms with E-state index in [-0.39, 0.29) is 16.7 Å². The van der Waals surface area contributed by atoms with Crippen molar-refractivity contribution in [3.63, 3.8) is 0 Å². The van der Waals surface area contributed by atoms with Crippen LogP contribution < -0.4 is 9.46 Å². The molecule has 0 aliphatic rings. The number of benzene rings is 2. The minimum Gasteiger partial charge on any atom is -0.455 e. The Balaban J connectivity index is 1.62. The summed E-state index contributed by atoms with van der Waals surface area (Å²) < 4.78 is 34.2. The van der Waals surface area contributed by atoms with Gasteiger partial charge >= 0.3 is 12.1 Å². The molecule has 0 fully saturated rings. The molecule has 216 valence electrons. The summed E-state index contributed by atoms with van der Waals surface area (Å²) in [5.74, 6) is -0.657. The van der Waals surface area contributed by atoms with Gasteiger partial charge in [0.1, 0.15) is 17.3 Å². The highest BCUT2D eigenvalue weighted by Gasteiger charge is 2.20. The van der Waals surface area contributed by atoms with Gasteiger partial charge in [-0.1, -0.05) is 37.0 Å². The number of amides is 1. The lowest BCUT2D eigenvalue weighted by Crippen LogP contribution is -2.36. The van der Waals surface area contributed by atoms with Crippen molar-refractivity contribution in [3.8, 4) is 11.5 Å². The maximum Gasteiger partial charge on any atom is 0.412 e. The molecule has 0 saturated carbocycles. The molecule has 1 heterocycles. The van der Waals surface area contributed by atoms with Crippen LogP contribution in [0.1, 0.15) is 39.7 Å². The zero-order valence-electron chi connectivity index (χ0n) is 22.4. The molecule has 0 radical (unpaired) electrons. The van der Waals surface area contributed by atoms with E-state index in [1.54, 1.807) is 38.2 Å². The van der Waals surface area contributed by atoms with Gasteiger partial charge in [-0.3, -0.25) is 4.79 Å². The number of hydrogen-bond donors (Lipinski definition) is 1. The number of esters is 1. The highest BCUT2D eigenvalue weighted by molar-refractivity contribution is 8.00. The van der Waals surface area contributed by atoms with Crippen LogP contribution in [0.25, 0.3) is 0 Å². The minimum absolute atomic E-state index is 0.157. The number of hydrogen-bond acceptors (Lipinski definition) is 9. The minimum atomic E-state index is -0.998. The average molecular weight is 631 g/mol.